The van der Waals surface area contributed by atoms with E-state index in [9.17, 15) is 0 Å². The smallest absolute Gasteiger partial charge is 0.137 e. The van der Waals surface area contributed by atoms with E-state index in [0.29, 0.717) is 37.7 Å². The van der Waals surface area contributed by atoms with E-state index >= 15 is 0 Å². The average molecular weight is 235 g/mol. The quantitative estimate of drug-likeness (QED) is 0.646. The second kappa shape index (κ2) is 8.57. The molecule has 17 heavy (non-hydrogen) atoms. The molecule has 0 aliphatic carbocycles. The van der Waals surface area contributed by atoms with Gasteiger partial charge in [0.2, 0.25) is 0 Å². The third-order valence-corrected chi connectivity index (χ3v) is 2.13. The third kappa shape index (κ3) is 5.34. The summed E-state index contributed by atoms with van der Waals surface area (Å²) < 4.78 is 15.7. The highest BCUT2D eigenvalue weighted by Crippen LogP contribution is 2.15. The molecule has 1 aromatic carbocycles. The standard InChI is InChI=1S/C13H17NO3/c1-15-7-4-8-16-9-10-17-13-6-3-2-5-12(13)11-14/h2-3,5-6H,4,7-10H2,1H3. The Morgan fingerprint density at radius 3 is 2.71 bits per heavy atom. The molecule has 0 aliphatic heterocycles. The number of ether oxygens (including phenoxy) is 3. The van der Waals surface area contributed by atoms with Crippen LogP contribution in [0, 0.1) is 11.3 Å². The molecule has 0 aromatic heterocycles. The topological polar surface area (TPSA) is 51.5 Å². The number of methoxy groups -OCH3 is 1. The summed E-state index contributed by atoms with van der Waals surface area (Å²) in [6, 6.07) is 9.25. The first kappa shape index (κ1) is 13.5. The minimum Gasteiger partial charge on any atom is -0.490 e. The fraction of sp³-hybridized carbons (Fsp3) is 0.462. The molecule has 0 atom stereocenters. The van der Waals surface area contributed by atoms with Gasteiger partial charge in [-0.2, -0.15) is 5.26 Å². The molecule has 4 nitrogen and oxygen atoms in total. The van der Waals surface area contributed by atoms with E-state index in [1.165, 1.54) is 0 Å². The molecule has 0 unspecified atom stereocenters. The fourth-order valence-electron chi connectivity index (χ4n) is 1.30. The molecule has 4 heteroatoms. The summed E-state index contributed by atoms with van der Waals surface area (Å²) >= 11 is 0. The van der Waals surface area contributed by atoms with Crippen LogP contribution in [0.3, 0.4) is 0 Å². The maximum atomic E-state index is 8.84. The van der Waals surface area contributed by atoms with Crippen molar-refractivity contribution in [2.24, 2.45) is 0 Å². The molecule has 0 saturated heterocycles. The van der Waals surface area contributed by atoms with Gasteiger partial charge in [-0.05, 0) is 18.6 Å². The van der Waals surface area contributed by atoms with Crippen molar-refractivity contribution in [3.8, 4) is 11.8 Å². The summed E-state index contributed by atoms with van der Waals surface area (Å²) in [7, 11) is 1.67. The van der Waals surface area contributed by atoms with Gasteiger partial charge in [-0.3, -0.25) is 0 Å². The van der Waals surface area contributed by atoms with Crippen LogP contribution in [-0.4, -0.2) is 33.5 Å². The first-order valence-corrected chi connectivity index (χ1v) is 5.57. The zero-order valence-corrected chi connectivity index (χ0v) is 10.0. The van der Waals surface area contributed by atoms with Crippen molar-refractivity contribution in [3.05, 3.63) is 29.8 Å². The monoisotopic (exact) mass is 235 g/mol. The Morgan fingerprint density at radius 1 is 1.12 bits per heavy atom. The van der Waals surface area contributed by atoms with Gasteiger partial charge in [0.25, 0.3) is 0 Å². The molecular weight excluding hydrogens is 218 g/mol. The Labute approximate surface area is 102 Å². The summed E-state index contributed by atoms with van der Waals surface area (Å²) in [5, 5.41) is 8.84. The normalized spacial score (nSPS) is 9.88. The van der Waals surface area contributed by atoms with Crippen molar-refractivity contribution in [2.75, 3.05) is 33.5 Å². The molecule has 92 valence electrons. The molecular formula is C13H17NO3. The van der Waals surface area contributed by atoms with Gasteiger partial charge in [0.1, 0.15) is 18.4 Å². The first-order chi connectivity index (χ1) is 8.38. The van der Waals surface area contributed by atoms with Crippen LogP contribution < -0.4 is 4.74 Å². The minimum absolute atomic E-state index is 0.450. The lowest BCUT2D eigenvalue weighted by Crippen LogP contribution is -2.09. The van der Waals surface area contributed by atoms with Crippen LogP contribution in [0.5, 0.6) is 5.75 Å². The van der Waals surface area contributed by atoms with Crippen LogP contribution in [0.4, 0.5) is 0 Å². The molecule has 0 amide bonds. The number of nitriles is 1. The predicted molar refractivity (Wildman–Crippen MR) is 64.0 cm³/mol. The van der Waals surface area contributed by atoms with Crippen molar-refractivity contribution in [1.29, 1.82) is 5.26 Å². The second-order valence-electron chi connectivity index (χ2n) is 3.42. The Hall–Kier alpha value is -1.57. The van der Waals surface area contributed by atoms with E-state index in [0.717, 1.165) is 6.42 Å². The molecule has 1 aromatic rings. The number of hydrogen-bond donors (Lipinski definition) is 0. The van der Waals surface area contributed by atoms with Gasteiger partial charge in [0, 0.05) is 20.3 Å². The minimum atomic E-state index is 0.450. The number of hydrogen-bond acceptors (Lipinski definition) is 4. The van der Waals surface area contributed by atoms with Crippen molar-refractivity contribution in [1.82, 2.24) is 0 Å². The van der Waals surface area contributed by atoms with Crippen LogP contribution in [0.2, 0.25) is 0 Å². The van der Waals surface area contributed by atoms with Gasteiger partial charge >= 0.3 is 0 Å². The van der Waals surface area contributed by atoms with E-state index < -0.39 is 0 Å². The van der Waals surface area contributed by atoms with Gasteiger partial charge in [-0.1, -0.05) is 12.1 Å². The molecule has 0 spiro atoms. The van der Waals surface area contributed by atoms with Crippen LogP contribution in [-0.2, 0) is 9.47 Å². The maximum absolute atomic E-state index is 8.84. The number of nitrogens with zero attached hydrogens (tertiary/aromatic N) is 1. The van der Waals surface area contributed by atoms with Crippen molar-refractivity contribution in [2.45, 2.75) is 6.42 Å². The third-order valence-electron chi connectivity index (χ3n) is 2.13. The van der Waals surface area contributed by atoms with E-state index in [1.807, 2.05) is 12.1 Å². The highest BCUT2D eigenvalue weighted by molar-refractivity contribution is 5.42. The highest BCUT2D eigenvalue weighted by atomic mass is 16.5. The number of benzene rings is 1. The van der Waals surface area contributed by atoms with E-state index in [-0.39, 0.29) is 0 Å². The zero-order valence-electron chi connectivity index (χ0n) is 10.0. The Balaban J connectivity index is 2.16. The lowest BCUT2D eigenvalue weighted by atomic mass is 10.2. The van der Waals surface area contributed by atoms with Crippen LogP contribution in [0.25, 0.3) is 0 Å². The summed E-state index contributed by atoms with van der Waals surface area (Å²) in [4.78, 5) is 0. The Morgan fingerprint density at radius 2 is 1.94 bits per heavy atom. The summed E-state index contributed by atoms with van der Waals surface area (Å²) in [6.07, 6.45) is 0.880. The second-order valence-corrected chi connectivity index (χ2v) is 3.42. The Kier molecular flexibility index (Phi) is 6.80. The molecule has 0 bridgehead atoms. The van der Waals surface area contributed by atoms with Crippen molar-refractivity contribution < 1.29 is 14.2 Å². The van der Waals surface area contributed by atoms with Gasteiger partial charge in [-0.15, -0.1) is 0 Å². The number of rotatable bonds is 8. The van der Waals surface area contributed by atoms with Crippen LogP contribution in [0.15, 0.2) is 24.3 Å². The predicted octanol–water partition coefficient (Wildman–Crippen LogP) is 1.99. The van der Waals surface area contributed by atoms with Crippen LogP contribution >= 0.6 is 0 Å². The Bertz CT molecular complexity index is 360. The molecule has 1 rings (SSSR count). The summed E-state index contributed by atoms with van der Waals surface area (Å²) in [6.45, 7) is 2.34. The molecule has 0 saturated carbocycles. The number of para-hydroxylation sites is 1. The van der Waals surface area contributed by atoms with E-state index in [4.69, 9.17) is 19.5 Å². The average Bonchev–Trinajstić information content (AvgIpc) is 2.38. The van der Waals surface area contributed by atoms with Crippen LogP contribution in [0.1, 0.15) is 12.0 Å². The van der Waals surface area contributed by atoms with E-state index in [2.05, 4.69) is 6.07 Å². The van der Waals surface area contributed by atoms with Gasteiger partial charge in [0.15, 0.2) is 0 Å². The van der Waals surface area contributed by atoms with E-state index in [1.54, 1.807) is 19.2 Å². The van der Waals surface area contributed by atoms with Crippen molar-refractivity contribution in [3.63, 3.8) is 0 Å². The van der Waals surface area contributed by atoms with Gasteiger partial charge < -0.3 is 14.2 Å². The lowest BCUT2D eigenvalue weighted by Gasteiger charge is -2.08. The van der Waals surface area contributed by atoms with Crippen molar-refractivity contribution >= 4 is 0 Å². The van der Waals surface area contributed by atoms with Gasteiger partial charge in [0.05, 0.1) is 12.2 Å². The molecule has 0 aliphatic rings. The molecule has 0 radical (unpaired) electrons. The largest absolute Gasteiger partial charge is 0.490 e. The summed E-state index contributed by atoms with van der Waals surface area (Å²) in [5.41, 5.74) is 0.548. The zero-order chi connectivity index (χ0) is 12.3. The summed E-state index contributed by atoms with van der Waals surface area (Å²) in [5.74, 6) is 0.607. The van der Waals surface area contributed by atoms with Gasteiger partial charge in [-0.25, -0.2) is 0 Å². The maximum Gasteiger partial charge on any atom is 0.137 e. The first-order valence-electron chi connectivity index (χ1n) is 5.57. The lowest BCUT2D eigenvalue weighted by molar-refractivity contribution is 0.0806. The molecule has 0 heterocycles. The molecule has 0 N–H and O–H groups in total. The molecule has 0 fully saturated rings. The highest BCUT2D eigenvalue weighted by Gasteiger charge is 2.00. The fourth-order valence-corrected chi connectivity index (χ4v) is 1.30. The SMILES string of the molecule is COCCCOCCOc1ccccc1C#N.